The quantitative estimate of drug-likeness (QED) is 0.295. The van der Waals surface area contributed by atoms with E-state index < -0.39 is 0 Å². The largest absolute Gasteiger partial charge is 0.467 e. The predicted molar refractivity (Wildman–Crippen MR) is 121 cm³/mol. The Morgan fingerprint density at radius 1 is 0.636 bits per heavy atom. The molecule has 15 heteroatoms. The second-order valence-electron chi connectivity index (χ2n) is 6.11. The average Bonchev–Trinajstić information content (AvgIpc) is 2.78. The molecule has 0 radical (unpaired) electrons. The third-order valence-corrected chi connectivity index (χ3v) is 3.98. The van der Waals surface area contributed by atoms with Crippen molar-refractivity contribution in [2.24, 2.45) is 0 Å². The molecule has 33 heavy (non-hydrogen) atoms. The van der Waals surface area contributed by atoms with Gasteiger partial charge in [-0.25, -0.2) is 9.97 Å². The minimum absolute atomic E-state index is 0.0226. The highest BCUT2D eigenvalue weighted by atomic mass is 35.5. The summed E-state index contributed by atoms with van der Waals surface area (Å²) in [6, 6.07) is 10.5. The van der Waals surface area contributed by atoms with Crippen molar-refractivity contribution in [3.05, 3.63) is 41.7 Å². The first-order valence-electron chi connectivity index (χ1n) is 9.27. The van der Waals surface area contributed by atoms with Gasteiger partial charge in [-0.1, -0.05) is 12.1 Å². The Balaban J connectivity index is 1.54. The van der Waals surface area contributed by atoms with Crippen LogP contribution < -0.4 is 31.2 Å². The number of aromatic nitrogens is 8. The lowest BCUT2D eigenvalue weighted by Gasteiger charge is -2.10. The minimum atomic E-state index is -0.0226. The molecule has 0 saturated heterocycles. The Kier molecular flexibility index (Phi) is 6.36. The van der Waals surface area contributed by atoms with Crippen LogP contribution in [0.25, 0.3) is 0 Å². The van der Waals surface area contributed by atoms with Gasteiger partial charge >= 0.3 is 12.0 Å². The zero-order valence-electron chi connectivity index (χ0n) is 17.3. The number of rotatable bonds is 8. The fourth-order valence-electron chi connectivity index (χ4n) is 2.48. The number of ether oxygens (including phenoxy) is 2. The van der Waals surface area contributed by atoms with Crippen LogP contribution in [0.1, 0.15) is 0 Å². The Morgan fingerprint density at radius 2 is 1.12 bits per heavy atom. The van der Waals surface area contributed by atoms with Crippen LogP contribution in [0.4, 0.5) is 41.1 Å². The molecule has 0 bridgehead atoms. The maximum atomic E-state index is 5.88. The third-order valence-electron chi connectivity index (χ3n) is 3.81. The fourth-order valence-corrected chi connectivity index (χ4v) is 2.63. The normalized spacial score (nSPS) is 10.4. The summed E-state index contributed by atoms with van der Waals surface area (Å²) in [5, 5.41) is 8.85. The third kappa shape index (κ3) is 5.76. The second kappa shape index (κ2) is 9.69. The van der Waals surface area contributed by atoms with Crippen LogP contribution in [0.15, 0.2) is 36.4 Å². The molecular weight excluding hydrogens is 452 g/mol. The molecule has 0 aliphatic rings. The maximum absolute atomic E-state index is 5.88. The molecule has 0 unspecified atom stereocenters. The van der Waals surface area contributed by atoms with Crippen molar-refractivity contribution in [1.29, 1.82) is 0 Å². The number of nitrogen functional groups attached to an aromatic ring is 1. The lowest BCUT2D eigenvalue weighted by Crippen LogP contribution is -2.08. The van der Waals surface area contributed by atoms with Gasteiger partial charge in [-0.2, -0.15) is 29.9 Å². The van der Waals surface area contributed by atoms with Crippen LogP contribution in [0.3, 0.4) is 0 Å². The maximum Gasteiger partial charge on any atom is 0.322 e. The van der Waals surface area contributed by atoms with Crippen LogP contribution in [0, 0.1) is 0 Å². The molecule has 0 fully saturated rings. The van der Waals surface area contributed by atoms with Crippen LogP contribution in [0.2, 0.25) is 5.28 Å². The zero-order valence-corrected chi connectivity index (χ0v) is 18.1. The standard InChI is InChI=1S/C18H17ClN12O2/c1-32-17-27-13(19)26-14(29-17)24-11-7-4-8-12(22-11)25-16-28-15(30-18(31-16)33-2)23-10-6-3-5-9(20)21-10/h3-8H,1-2H3,(H5,20,21,22,23,24,25,26,27,28,29,30,31). The van der Waals surface area contributed by atoms with Crippen molar-refractivity contribution in [1.82, 2.24) is 39.9 Å². The van der Waals surface area contributed by atoms with Crippen molar-refractivity contribution < 1.29 is 9.47 Å². The van der Waals surface area contributed by atoms with E-state index in [0.717, 1.165) is 0 Å². The molecule has 0 atom stereocenters. The average molecular weight is 469 g/mol. The van der Waals surface area contributed by atoms with Crippen molar-refractivity contribution >= 4 is 52.7 Å². The molecule has 0 amide bonds. The number of nitrogens with two attached hydrogens (primary N) is 1. The number of anilines is 7. The van der Waals surface area contributed by atoms with E-state index in [0.29, 0.717) is 23.3 Å². The molecule has 0 spiro atoms. The fraction of sp³-hybridized carbons (Fsp3) is 0.111. The monoisotopic (exact) mass is 468 g/mol. The first-order valence-corrected chi connectivity index (χ1v) is 9.65. The zero-order chi connectivity index (χ0) is 23.2. The van der Waals surface area contributed by atoms with Gasteiger partial charge in [0.2, 0.25) is 23.1 Å². The molecule has 4 heterocycles. The summed E-state index contributed by atoms with van der Waals surface area (Å²) in [6.45, 7) is 0. The van der Waals surface area contributed by atoms with Gasteiger partial charge in [-0.05, 0) is 35.9 Å². The van der Waals surface area contributed by atoms with Gasteiger partial charge in [0, 0.05) is 0 Å². The molecule has 0 aliphatic carbocycles. The minimum Gasteiger partial charge on any atom is -0.467 e. The molecule has 168 valence electrons. The Hall–Kier alpha value is -4.59. The van der Waals surface area contributed by atoms with Crippen LogP contribution in [-0.2, 0) is 0 Å². The van der Waals surface area contributed by atoms with Gasteiger partial charge in [-0.3, -0.25) is 0 Å². The van der Waals surface area contributed by atoms with Crippen molar-refractivity contribution in [3.63, 3.8) is 0 Å². The molecule has 4 aromatic rings. The smallest absolute Gasteiger partial charge is 0.322 e. The number of pyridine rings is 2. The number of methoxy groups -OCH3 is 2. The topological polar surface area (TPSA) is 184 Å². The first kappa shape index (κ1) is 21.6. The molecule has 5 N–H and O–H groups in total. The molecular formula is C18H17ClN12O2. The Labute approximate surface area is 192 Å². The molecule has 0 saturated carbocycles. The molecule has 14 nitrogen and oxygen atoms in total. The Morgan fingerprint density at radius 3 is 1.67 bits per heavy atom. The van der Waals surface area contributed by atoms with Gasteiger partial charge in [0.05, 0.1) is 14.2 Å². The Bertz CT molecular complexity index is 1270. The lowest BCUT2D eigenvalue weighted by molar-refractivity contribution is 0.379. The van der Waals surface area contributed by atoms with Gasteiger partial charge in [0.1, 0.15) is 23.3 Å². The van der Waals surface area contributed by atoms with E-state index in [1.54, 1.807) is 36.4 Å². The number of halogens is 1. The predicted octanol–water partition coefficient (Wildman–Crippen LogP) is 2.33. The first-order chi connectivity index (χ1) is 16.0. The number of nitrogens with zero attached hydrogens (tertiary/aromatic N) is 8. The summed E-state index contributed by atoms with van der Waals surface area (Å²) in [7, 11) is 2.87. The van der Waals surface area contributed by atoms with E-state index in [9.17, 15) is 0 Å². The number of hydrogen-bond donors (Lipinski definition) is 4. The van der Waals surface area contributed by atoms with E-state index >= 15 is 0 Å². The van der Waals surface area contributed by atoms with Gasteiger partial charge in [0.25, 0.3) is 0 Å². The summed E-state index contributed by atoms with van der Waals surface area (Å²) in [5.74, 6) is 2.21. The highest BCUT2D eigenvalue weighted by Crippen LogP contribution is 2.20. The van der Waals surface area contributed by atoms with Crippen LogP contribution >= 0.6 is 11.6 Å². The van der Waals surface area contributed by atoms with E-state index in [-0.39, 0.29) is 35.1 Å². The summed E-state index contributed by atoms with van der Waals surface area (Å²) >= 11 is 5.88. The van der Waals surface area contributed by atoms with Crippen molar-refractivity contribution in [2.75, 3.05) is 35.9 Å². The van der Waals surface area contributed by atoms with Gasteiger partial charge in [0.15, 0.2) is 0 Å². The van der Waals surface area contributed by atoms with E-state index in [4.69, 9.17) is 26.8 Å². The summed E-state index contributed by atoms with van der Waals surface area (Å²) in [5.41, 5.74) is 5.71. The molecule has 4 aromatic heterocycles. The summed E-state index contributed by atoms with van der Waals surface area (Å²) < 4.78 is 10.2. The van der Waals surface area contributed by atoms with Gasteiger partial charge in [-0.15, -0.1) is 0 Å². The summed E-state index contributed by atoms with van der Waals surface area (Å²) in [4.78, 5) is 33.1. The summed E-state index contributed by atoms with van der Waals surface area (Å²) in [6.07, 6.45) is 0. The van der Waals surface area contributed by atoms with E-state index in [1.807, 2.05) is 0 Å². The van der Waals surface area contributed by atoms with Crippen molar-refractivity contribution in [3.8, 4) is 12.0 Å². The van der Waals surface area contributed by atoms with Gasteiger partial charge < -0.3 is 31.2 Å². The van der Waals surface area contributed by atoms with E-state index in [2.05, 4.69) is 55.8 Å². The SMILES string of the molecule is COc1nc(Cl)nc(Nc2cccc(Nc3nc(Nc4cccc(N)n4)nc(OC)n3)n2)n1. The lowest BCUT2D eigenvalue weighted by atomic mass is 10.4. The number of hydrogen-bond acceptors (Lipinski definition) is 14. The second-order valence-corrected chi connectivity index (χ2v) is 6.45. The van der Waals surface area contributed by atoms with E-state index in [1.165, 1.54) is 14.2 Å². The highest BCUT2D eigenvalue weighted by Gasteiger charge is 2.10. The van der Waals surface area contributed by atoms with Crippen molar-refractivity contribution in [2.45, 2.75) is 0 Å². The number of nitrogens with one attached hydrogen (secondary N) is 3. The molecule has 0 aromatic carbocycles. The highest BCUT2D eigenvalue weighted by molar-refractivity contribution is 6.28. The van der Waals surface area contributed by atoms with Crippen LogP contribution in [0.5, 0.6) is 12.0 Å². The van der Waals surface area contributed by atoms with Crippen LogP contribution in [-0.4, -0.2) is 54.1 Å². The molecule has 4 rings (SSSR count). The molecule has 0 aliphatic heterocycles.